The van der Waals surface area contributed by atoms with Gasteiger partial charge in [0, 0.05) is 0 Å². The fourth-order valence-electron chi connectivity index (χ4n) is 2.14. The van der Waals surface area contributed by atoms with Crippen LogP contribution in [0.25, 0.3) is 10.8 Å². The molecule has 1 heterocycles. The second kappa shape index (κ2) is 2.79. The van der Waals surface area contributed by atoms with Crippen LogP contribution < -0.4 is 5.01 Å². The predicted octanol–water partition coefficient (Wildman–Crippen LogP) is 2.93. The summed E-state index contributed by atoms with van der Waals surface area (Å²) in [4.78, 5) is 0. The number of benzene rings is 2. The summed E-state index contributed by atoms with van der Waals surface area (Å²) in [7, 11) is 3.95. The van der Waals surface area contributed by atoms with Crippen molar-refractivity contribution >= 4 is 22.1 Å². The van der Waals surface area contributed by atoms with E-state index in [1.807, 2.05) is 23.8 Å². The molecule has 0 unspecified atom stereocenters. The molecule has 3 rings (SSSR count). The smallest absolute Gasteiger partial charge is 0.136 e. The molecule has 1 aliphatic rings. The second-order valence-electron chi connectivity index (χ2n) is 3.79. The Morgan fingerprint density at radius 3 is 2.67 bits per heavy atom. The molecule has 3 nitrogen and oxygen atoms in total. The van der Waals surface area contributed by atoms with Crippen LogP contribution in [0.5, 0.6) is 0 Å². The summed E-state index contributed by atoms with van der Waals surface area (Å²) in [5.74, 6) is 0. The summed E-state index contributed by atoms with van der Waals surface area (Å²) in [6, 6.07) is 12.6. The van der Waals surface area contributed by atoms with E-state index in [1.165, 1.54) is 22.1 Å². The molecule has 0 N–H and O–H groups in total. The molecule has 74 valence electrons. The van der Waals surface area contributed by atoms with Gasteiger partial charge >= 0.3 is 0 Å². The minimum atomic E-state index is 1.17. The zero-order valence-electron chi connectivity index (χ0n) is 8.81. The highest BCUT2D eigenvalue weighted by Crippen LogP contribution is 2.36. The van der Waals surface area contributed by atoms with Gasteiger partial charge in [-0.15, -0.1) is 9.71 Å². The number of nitrogens with zero attached hydrogens (tertiary/aromatic N) is 3. The van der Waals surface area contributed by atoms with Gasteiger partial charge < -0.3 is 0 Å². The second-order valence-corrected chi connectivity index (χ2v) is 3.79. The van der Waals surface area contributed by atoms with Crippen molar-refractivity contribution < 1.29 is 4.70 Å². The van der Waals surface area contributed by atoms with Crippen LogP contribution in [0.15, 0.2) is 41.6 Å². The maximum atomic E-state index is 4.42. The largest absolute Gasteiger partial charge is 0.161 e. The minimum absolute atomic E-state index is 1.17. The van der Waals surface area contributed by atoms with E-state index in [9.17, 15) is 0 Å². The first kappa shape index (κ1) is 8.41. The third kappa shape index (κ3) is 1.06. The molecule has 0 radical (unpaired) electrons. The molecule has 2 aromatic carbocycles. The highest BCUT2D eigenvalue weighted by molar-refractivity contribution is 6.01. The summed E-state index contributed by atoms with van der Waals surface area (Å²) < 4.78 is 1.91. The molecule has 2 aromatic rings. The number of anilines is 1. The quantitative estimate of drug-likeness (QED) is 0.595. The van der Waals surface area contributed by atoms with Crippen LogP contribution in [0, 0.1) is 0 Å². The lowest BCUT2D eigenvalue weighted by Crippen LogP contribution is -2.17. The van der Waals surface area contributed by atoms with Gasteiger partial charge in [0.2, 0.25) is 0 Å². The summed E-state index contributed by atoms with van der Waals surface area (Å²) in [6.45, 7) is 0. The maximum absolute atomic E-state index is 4.42. The molecule has 0 saturated heterocycles. The van der Waals surface area contributed by atoms with Crippen LogP contribution in [-0.2, 0) is 0 Å². The Morgan fingerprint density at radius 1 is 1.13 bits per heavy atom. The maximum Gasteiger partial charge on any atom is 0.161 e. The number of hydrogen-bond acceptors (Lipinski definition) is 2. The lowest BCUT2D eigenvalue weighted by Gasteiger charge is -2.15. The molecule has 0 spiro atoms. The monoisotopic (exact) mass is 198 g/mol. The average molecular weight is 198 g/mol. The van der Waals surface area contributed by atoms with Crippen LogP contribution in [0.2, 0.25) is 0 Å². The highest BCUT2D eigenvalue weighted by atomic mass is 15.6. The van der Waals surface area contributed by atoms with Gasteiger partial charge in [0.05, 0.1) is 10.6 Å². The normalized spacial score (nSPS) is 14.3. The molecule has 0 bridgehead atoms. The van der Waals surface area contributed by atoms with Gasteiger partial charge in [-0.25, -0.2) is 0 Å². The lowest BCUT2D eigenvalue weighted by molar-refractivity contribution is -0.483. The minimum Gasteiger partial charge on any atom is -0.136 e. The topological polar surface area (TPSA) is 18.6 Å². The molecule has 0 saturated carbocycles. The van der Waals surface area contributed by atoms with Crippen LogP contribution in [0.4, 0.5) is 11.4 Å². The zero-order chi connectivity index (χ0) is 10.4. The van der Waals surface area contributed by atoms with Gasteiger partial charge in [-0.05, 0) is 17.5 Å². The number of rotatable bonds is 0. The van der Waals surface area contributed by atoms with E-state index < -0.39 is 0 Å². The zero-order valence-corrected chi connectivity index (χ0v) is 8.81. The molecule has 1 aliphatic heterocycles. The Hall–Kier alpha value is -1.90. The molecule has 15 heavy (non-hydrogen) atoms. The lowest BCUT2D eigenvalue weighted by atomic mass is 10.1. The van der Waals surface area contributed by atoms with Gasteiger partial charge in [-0.3, -0.25) is 0 Å². The Morgan fingerprint density at radius 2 is 1.87 bits per heavy atom. The van der Waals surface area contributed by atoms with Crippen LogP contribution in [0.1, 0.15) is 0 Å². The van der Waals surface area contributed by atoms with E-state index in [0.717, 1.165) is 0 Å². The van der Waals surface area contributed by atoms with Gasteiger partial charge in [0.25, 0.3) is 0 Å². The Labute approximate surface area is 88.2 Å². The molecular weight excluding hydrogens is 186 g/mol. The van der Waals surface area contributed by atoms with E-state index in [0.29, 0.717) is 0 Å². The molecule has 0 amide bonds. The fourth-order valence-corrected chi connectivity index (χ4v) is 2.14. The van der Waals surface area contributed by atoms with Crippen molar-refractivity contribution in [1.82, 2.24) is 0 Å². The van der Waals surface area contributed by atoms with E-state index in [4.69, 9.17) is 0 Å². The first-order valence-electron chi connectivity index (χ1n) is 4.98. The van der Waals surface area contributed by atoms with Gasteiger partial charge in [-0.2, -0.15) is 0 Å². The van der Waals surface area contributed by atoms with Crippen molar-refractivity contribution in [3.05, 3.63) is 36.4 Å². The first-order chi connectivity index (χ1) is 7.27. The molecule has 0 atom stereocenters. The van der Waals surface area contributed by atoms with Crippen molar-refractivity contribution in [1.29, 1.82) is 0 Å². The molecule has 0 fully saturated rings. The first-order valence-corrected chi connectivity index (χ1v) is 4.98. The Bertz CT molecular complexity index is 567. The van der Waals surface area contributed by atoms with Crippen LogP contribution in [0.3, 0.4) is 0 Å². The molecule has 3 heteroatoms. The SMILES string of the molecule is CN1N=[N+](C)c2cccc3cccc1c23. The molecular formula is C12H12N3+. The highest BCUT2D eigenvalue weighted by Gasteiger charge is 2.22. The van der Waals surface area contributed by atoms with Crippen molar-refractivity contribution in [2.45, 2.75) is 0 Å². The van der Waals surface area contributed by atoms with Crippen molar-refractivity contribution in [2.24, 2.45) is 5.22 Å². The van der Waals surface area contributed by atoms with Crippen molar-refractivity contribution in [2.75, 3.05) is 19.1 Å². The van der Waals surface area contributed by atoms with Gasteiger partial charge in [-0.1, -0.05) is 24.3 Å². The third-order valence-corrected chi connectivity index (χ3v) is 2.83. The Balaban J connectivity index is 2.51. The van der Waals surface area contributed by atoms with E-state index >= 15 is 0 Å². The molecule has 0 aliphatic carbocycles. The van der Waals surface area contributed by atoms with Crippen molar-refractivity contribution in [3.63, 3.8) is 0 Å². The summed E-state index contributed by atoms with van der Waals surface area (Å²) in [5.41, 5.74) is 2.34. The third-order valence-electron chi connectivity index (χ3n) is 2.83. The summed E-state index contributed by atoms with van der Waals surface area (Å²) >= 11 is 0. The average Bonchev–Trinajstić information content (AvgIpc) is 2.25. The standard InChI is InChI=1S/C12H12N3/c1-14-10-7-3-5-9-6-4-8-11(12(9)10)15(2)13-14/h3-8H,1-2H3/q+1. The molecule has 0 aromatic heterocycles. The Kier molecular flexibility index (Phi) is 1.57. The van der Waals surface area contributed by atoms with E-state index in [1.54, 1.807) is 0 Å². The van der Waals surface area contributed by atoms with Crippen LogP contribution >= 0.6 is 0 Å². The van der Waals surface area contributed by atoms with Crippen LogP contribution in [-0.4, -0.2) is 18.8 Å². The van der Waals surface area contributed by atoms with Gasteiger partial charge in [0.1, 0.15) is 14.1 Å². The predicted molar refractivity (Wildman–Crippen MR) is 60.6 cm³/mol. The van der Waals surface area contributed by atoms with Gasteiger partial charge in [0.15, 0.2) is 11.4 Å². The summed E-state index contributed by atoms with van der Waals surface area (Å²) in [5, 5.41) is 8.87. The number of hydrogen-bond donors (Lipinski definition) is 0. The van der Waals surface area contributed by atoms with E-state index in [2.05, 4.69) is 41.6 Å². The van der Waals surface area contributed by atoms with Crippen molar-refractivity contribution in [3.8, 4) is 0 Å². The fraction of sp³-hybridized carbons (Fsp3) is 0.167. The van der Waals surface area contributed by atoms with E-state index in [-0.39, 0.29) is 0 Å². The summed E-state index contributed by atoms with van der Waals surface area (Å²) in [6.07, 6.45) is 0.